The van der Waals surface area contributed by atoms with Crippen LogP contribution >= 0.6 is 0 Å². The number of amides is 5. The summed E-state index contributed by atoms with van der Waals surface area (Å²) < 4.78 is 47.8. The number of hydrogen-bond donors (Lipinski definition) is 4. The number of hydrogen-bond acceptors (Lipinski definition) is 9. The van der Waals surface area contributed by atoms with Crippen molar-refractivity contribution in [3.05, 3.63) is 47.3 Å². The fourth-order valence-electron chi connectivity index (χ4n) is 7.00. The third-order valence-corrected chi connectivity index (χ3v) is 12.4. The molecule has 2 saturated carbocycles. The van der Waals surface area contributed by atoms with E-state index in [2.05, 4.69) is 15.4 Å². The smallest absolute Gasteiger partial charge is 0.410 e. The summed E-state index contributed by atoms with van der Waals surface area (Å²) in [5.74, 6) is -3.65. The third kappa shape index (κ3) is 7.76. The standard InChI is InChI=1S/C35H46FN5O9S/c1-34(2,20-42)31(45)37-27-12-7-5-3-4-6-10-22-16-35(22,32(46)39-51(48,49)24-13-14-24)38-29(43)28-15-23(18-41(28)30(27)44)50-33(47)40-17-21-9-8-11-26(36)25(21)19-40/h6,8-11,22-24,27-28,42H,3-5,7,12-20H2,1-2H3,(H,37,45)(H,38,43)(H,39,46)/b10-6-/t22-,23-,27+,28+,35-/m1/s1. The zero-order valence-electron chi connectivity index (χ0n) is 28.9. The van der Waals surface area contributed by atoms with Crippen molar-refractivity contribution in [1.29, 1.82) is 0 Å². The van der Waals surface area contributed by atoms with Gasteiger partial charge in [-0.1, -0.05) is 37.1 Å². The molecular weight excluding hydrogens is 685 g/mol. The van der Waals surface area contributed by atoms with Gasteiger partial charge in [-0.25, -0.2) is 17.6 Å². The van der Waals surface area contributed by atoms with Crippen LogP contribution in [0.15, 0.2) is 30.4 Å². The van der Waals surface area contributed by atoms with Crippen LogP contribution in [0.2, 0.25) is 0 Å². The molecule has 5 amide bonds. The second-order valence-corrected chi connectivity index (χ2v) is 17.0. The lowest BCUT2D eigenvalue weighted by molar-refractivity contribution is -0.144. The average Bonchev–Trinajstić information content (AvgIpc) is 3.97. The molecule has 5 aliphatic rings. The number of aliphatic hydroxyl groups excluding tert-OH is 1. The Morgan fingerprint density at radius 2 is 1.88 bits per heavy atom. The van der Waals surface area contributed by atoms with Crippen LogP contribution in [0.3, 0.4) is 0 Å². The molecule has 1 aromatic carbocycles. The molecule has 0 bridgehead atoms. The maximum atomic E-state index is 14.4. The summed E-state index contributed by atoms with van der Waals surface area (Å²) in [7, 11) is -3.93. The van der Waals surface area contributed by atoms with E-state index in [0.29, 0.717) is 43.2 Å². The SMILES string of the molecule is CC(C)(CO)C(=O)N[C@H]1CCCCC/C=C\[C@@H]2C[C@@]2(C(=O)NS(=O)(=O)C2CC2)NC(=O)[C@@H]2C[C@@H](OC(=O)N3Cc4cccc(F)c4C3)CN2C1=O. The van der Waals surface area contributed by atoms with Gasteiger partial charge in [-0.05, 0) is 64.0 Å². The molecule has 2 aliphatic carbocycles. The van der Waals surface area contributed by atoms with Crippen molar-refractivity contribution in [3.8, 4) is 0 Å². The summed E-state index contributed by atoms with van der Waals surface area (Å²) in [5, 5.41) is 14.7. The number of nitrogens with zero attached hydrogens (tertiary/aromatic N) is 2. The van der Waals surface area contributed by atoms with Gasteiger partial charge in [-0.15, -0.1) is 0 Å². The highest BCUT2D eigenvalue weighted by atomic mass is 32.2. The van der Waals surface area contributed by atoms with Crippen LogP contribution in [0.4, 0.5) is 9.18 Å². The van der Waals surface area contributed by atoms with E-state index >= 15 is 0 Å². The zero-order valence-corrected chi connectivity index (χ0v) is 29.7. The van der Waals surface area contributed by atoms with E-state index in [1.807, 2.05) is 12.2 Å². The van der Waals surface area contributed by atoms with Gasteiger partial charge in [0.2, 0.25) is 27.7 Å². The lowest BCUT2D eigenvalue weighted by atomic mass is 9.92. The molecule has 1 aromatic rings. The van der Waals surface area contributed by atoms with Crippen molar-refractivity contribution in [2.75, 3.05) is 13.2 Å². The highest BCUT2D eigenvalue weighted by Crippen LogP contribution is 2.46. The van der Waals surface area contributed by atoms with Crippen LogP contribution in [0, 0.1) is 17.2 Å². The minimum atomic E-state index is -3.93. The number of sulfonamides is 1. The quantitative estimate of drug-likeness (QED) is 0.303. The average molecular weight is 732 g/mol. The summed E-state index contributed by atoms with van der Waals surface area (Å²) in [6.07, 6.45) is 5.80. The molecule has 0 aromatic heterocycles. The minimum Gasteiger partial charge on any atom is -0.444 e. The van der Waals surface area contributed by atoms with E-state index in [4.69, 9.17) is 4.74 Å². The number of benzene rings is 1. The molecular formula is C35H46FN5O9S. The number of ether oxygens (including phenoxy) is 1. The Morgan fingerprint density at radius 1 is 1.12 bits per heavy atom. The Labute approximate surface area is 296 Å². The van der Waals surface area contributed by atoms with E-state index in [9.17, 15) is 41.9 Å². The van der Waals surface area contributed by atoms with Crippen LogP contribution in [0.25, 0.3) is 0 Å². The number of rotatable bonds is 7. The van der Waals surface area contributed by atoms with Gasteiger partial charge in [0.25, 0.3) is 5.91 Å². The highest BCUT2D eigenvalue weighted by Gasteiger charge is 2.62. The molecule has 14 nitrogen and oxygen atoms in total. The largest absolute Gasteiger partial charge is 0.444 e. The maximum absolute atomic E-state index is 14.4. The van der Waals surface area contributed by atoms with Gasteiger partial charge in [-0.3, -0.25) is 28.8 Å². The predicted octanol–water partition coefficient (Wildman–Crippen LogP) is 1.75. The Hall–Kier alpha value is -4.05. The number of fused-ring (bicyclic) bond motifs is 3. The molecule has 1 saturated heterocycles. The molecule has 0 unspecified atom stereocenters. The van der Waals surface area contributed by atoms with E-state index in [0.717, 1.165) is 6.42 Å². The molecule has 16 heteroatoms. The van der Waals surface area contributed by atoms with Crippen LogP contribution in [0.5, 0.6) is 0 Å². The third-order valence-electron chi connectivity index (χ3n) is 10.6. The monoisotopic (exact) mass is 731 g/mol. The molecule has 3 aliphatic heterocycles. The maximum Gasteiger partial charge on any atom is 0.410 e. The number of carbonyl (C=O) groups excluding carboxylic acids is 5. The summed E-state index contributed by atoms with van der Waals surface area (Å²) in [6, 6.07) is 2.27. The first kappa shape index (κ1) is 36.7. The van der Waals surface area contributed by atoms with Crippen LogP contribution in [-0.4, -0.2) is 95.2 Å². The fourth-order valence-corrected chi connectivity index (χ4v) is 8.36. The first-order valence-electron chi connectivity index (χ1n) is 17.6. The van der Waals surface area contributed by atoms with Crippen LogP contribution in [-0.2, 0) is 47.0 Å². The van der Waals surface area contributed by atoms with Crippen molar-refractivity contribution in [3.63, 3.8) is 0 Å². The van der Waals surface area contributed by atoms with E-state index in [1.165, 1.54) is 29.7 Å². The van der Waals surface area contributed by atoms with Gasteiger partial charge in [0.1, 0.15) is 29.5 Å². The van der Waals surface area contributed by atoms with E-state index < -0.39 is 92.5 Å². The van der Waals surface area contributed by atoms with Crippen molar-refractivity contribution in [2.24, 2.45) is 11.3 Å². The van der Waals surface area contributed by atoms with Crippen LogP contribution < -0.4 is 15.4 Å². The summed E-state index contributed by atoms with van der Waals surface area (Å²) in [5.41, 5.74) is -1.74. The van der Waals surface area contributed by atoms with Gasteiger partial charge in [0, 0.05) is 24.4 Å². The van der Waals surface area contributed by atoms with Gasteiger partial charge in [0.15, 0.2) is 0 Å². The number of allylic oxidation sites excluding steroid dienone is 1. The summed E-state index contributed by atoms with van der Waals surface area (Å²) in [6.45, 7) is 2.52. The Balaban J connectivity index is 1.26. The predicted molar refractivity (Wildman–Crippen MR) is 180 cm³/mol. The summed E-state index contributed by atoms with van der Waals surface area (Å²) >= 11 is 0. The highest BCUT2D eigenvalue weighted by molar-refractivity contribution is 7.91. The Kier molecular flexibility index (Phi) is 10.2. The van der Waals surface area contributed by atoms with Gasteiger partial charge >= 0.3 is 6.09 Å². The summed E-state index contributed by atoms with van der Waals surface area (Å²) in [4.78, 5) is 71.1. The molecule has 0 spiro atoms. The number of nitrogens with one attached hydrogen (secondary N) is 3. The molecule has 0 radical (unpaired) electrons. The van der Waals surface area contributed by atoms with E-state index in [1.54, 1.807) is 12.1 Å². The van der Waals surface area contributed by atoms with Crippen molar-refractivity contribution in [1.82, 2.24) is 25.2 Å². The van der Waals surface area contributed by atoms with Gasteiger partial charge < -0.3 is 25.4 Å². The van der Waals surface area contributed by atoms with Crippen molar-refractivity contribution >= 4 is 39.7 Å². The first-order valence-corrected chi connectivity index (χ1v) is 19.2. The molecule has 6 rings (SSSR count). The molecule has 5 atom stereocenters. The lowest BCUT2D eigenvalue weighted by Crippen LogP contribution is -2.59. The van der Waals surface area contributed by atoms with Gasteiger partial charge in [-0.2, -0.15) is 0 Å². The van der Waals surface area contributed by atoms with Gasteiger partial charge in [0.05, 0.1) is 30.4 Å². The molecule has 3 heterocycles. The van der Waals surface area contributed by atoms with Crippen molar-refractivity contribution in [2.45, 2.75) is 114 Å². The van der Waals surface area contributed by atoms with Crippen LogP contribution in [0.1, 0.15) is 82.8 Å². The Morgan fingerprint density at radius 3 is 2.59 bits per heavy atom. The van der Waals surface area contributed by atoms with E-state index in [-0.39, 0.29) is 38.9 Å². The number of halogens is 1. The molecule has 51 heavy (non-hydrogen) atoms. The molecule has 4 N–H and O–H groups in total. The second-order valence-electron chi connectivity index (χ2n) is 15.1. The van der Waals surface area contributed by atoms with Crippen molar-refractivity contribution < 1.29 is 46.6 Å². The Bertz CT molecular complexity index is 1730. The fraction of sp³-hybridized carbons (Fsp3) is 0.629. The topological polar surface area (TPSA) is 192 Å². The zero-order chi connectivity index (χ0) is 36.7. The minimum absolute atomic E-state index is 0.00876. The molecule has 3 fully saturated rings. The normalized spacial score (nSPS) is 29.0. The first-order chi connectivity index (χ1) is 24.1. The number of aliphatic hydroxyl groups is 1. The number of carbonyl (C=O) groups is 5. The second kappa shape index (κ2) is 14.2. The molecule has 278 valence electrons. The lowest BCUT2D eigenvalue weighted by Gasteiger charge is -2.31.